The van der Waals surface area contributed by atoms with Gasteiger partial charge in [-0.15, -0.1) is 12.4 Å². The van der Waals surface area contributed by atoms with E-state index in [4.69, 9.17) is 10.5 Å². The summed E-state index contributed by atoms with van der Waals surface area (Å²) in [6.07, 6.45) is -2.56. The molecule has 1 unspecified atom stereocenters. The zero-order valence-corrected chi connectivity index (χ0v) is 9.44. The molecule has 0 aromatic heterocycles. The minimum absolute atomic E-state index is 0. The van der Waals surface area contributed by atoms with Crippen molar-refractivity contribution >= 4 is 12.4 Å². The maximum absolute atomic E-state index is 12.8. The largest absolute Gasteiger partial charge is 0.487 e. The van der Waals surface area contributed by atoms with Crippen LogP contribution in [0.4, 0.5) is 13.2 Å². The molecule has 0 radical (unpaired) electrons. The highest BCUT2D eigenvalue weighted by atomic mass is 35.5. The van der Waals surface area contributed by atoms with Crippen LogP contribution in [0.25, 0.3) is 0 Å². The van der Waals surface area contributed by atoms with E-state index in [1.165, 1.54) is 12.1 Å². The lowest BCUT2D eigenvalue weighted by molar-refractivity contribution is 0.0812. The summed E-state index contributed by atoms with van der Waals surface area (Å²) in [6.45, 7) is 0.912. The molecule has 6 heteroatoms. The van der Waals surface area contributed by atoms with Gasteiger partial charge in [0.05, 0.1) is 0 Å². The van der Waals surface area contributed by atoms with Gasteiger partial charge in [-0.1, -0.05) is 0 Å². The molecule has 0 amide bonds. The molecule has 1 aromatic rings. The number of nitrogens with two attached hydrogens (primary N) is 1. The maximum atomic E-state index is 12.8. The van der Waals surface area contributed by atoms with Gasteiger partial charge in [0.1, 0.15) is 18.2 Å². The van der Waals surface area contributed by atoms with Crippen molar-refractivity contribution in [1.82, 2.24) is 0 Å². The Morgan fingerprint density at radius 3 is 2.50 bits per heavy atom. The number of benzene rings is 1. The molecular weight excluding hydrogens is 243 g/mol. The monoisotopic (exact) mass is 255 g/mol. The molecule has 0 heterocycles. The second kappa shape index (κ2) is 6.60. The van der Waals surface area contributed by atoms with E-state index in [0.29, 0.717) is 5.56 Å². The molecule has 0 spiro atoms. The molecule has 0 saturated heterocycles. The first-order valence-electron chi connectivity index (χ1n) is 4.46. The molecule has 0 aliphatic rings. The third-order valence-electron chi connectivity index (χ3n) is 1.83. The summed E-state index contributed by atoms with van der Waals surface area (Å²) >= 11 is 0. The van der Waals surface area contributed by atoms with Crippen LogP contribution in [0.15, 0.2) is 18.2 Å². The van der Waals surface area contributed by atoms with Crippen molar-refractivity contribution in [2.45, 2.75) is 19.4 Å². The van der Waals surface area contributed by atoms with Crippen molar-refractivity contribution in [2.75, 3.05) is 6.61 Å². The summed E-state index contributed by atoms with van der Waals surface area (Å²) in [5, 5.41) is 0. The van der Waals surface area contributed by atoms with Crippen LogP contribution >= 0.6 is 12.4 Å². The van der Waals surface area contributed by atoms with E-state index in [-0.39, 0.29) is 18.2 Å². The quantitative estimate of drug-likeness (QED) is 0.898. The number of ether oxygens (including phenoxy) is 1. The van der Waals surface area contributed by atoms with Crippen LogP contribution in [0.5, 0.6) is 5.75 Å². The van der Waals surface area contributed by atoms with E-state index in [9.17, 15) is 13.2 Å². The third-order valence-corrected chi connectivity index (χ3v) is 1.83. The first-order chi connectivity index (χ1) is 7.00. The Hall–Kier alpha value is -0.940. The summed E-state index contributed by atoms with van der Waals surface area (Å²) < 4.78 is 41.5. The van der Waals surface area contributed by atoms with E-state index >= 15 is 0 Å². The number of hydrogen-bond donors (Lipinski definition) is 1. The number of rotatable bonds is 4. The van der Waals surface area contributed by atoms with Crippen molar-refractivity contribution in [1.29, 1.82) is 0 Å². The predicted octanol–water partition coefficient (Wildman–Crippen LogP) is 2.91. The maximum Gasteiger partial charge on any atom is 0.272 e. The van der Waals surface area contributed by atoms with Crippen molar-refractivity contribution in [3.63, 3.8) is 0 Å². The number of hydrogen-bond acceptors (Lipinski definition) is 2. The van der Waals surface area contributed by atoms with Gasteiger partial charge < -0.3 is 10.5 Å². The topological polar surface area (TPSA) is 35.2 Å². The average molecular weight is 256 g/mol. The molecule has 0 aliphatic heterocycles. The Morgan fingerprint density at radius 2 is 2.00 bits per heavy atom. The van der Waals surface area contributed by atoms with Crippen molar-refractivity contribution in [3.8, 4) is 5.75 Å². The van der Waals surface area contributed by atoms with E-state index < -0.39 is 24.9 Å². The fourth-order valence-corrected chi connectivity index (χ4v) is 1.16. The van der Waals surface area contributed by atoms with E-state index in [1.54, 1.807) is 6.92 Å². The normalized spacial score (nSPS) is 12.1. The van der Waals surface area contributed by atoms with Crippen molar-refractivity contribution in [2.24, 2.45) is 5.73 Å². The second-order valence-corrected chi connectivity index (χ2v) is 3.17. The Kier molecular flexibility index (Phi) is 6.21. The third kappa shape index (κ3) is 4.28. The van der Waals surface area contributed by atoms with Gasteiger partial charge in [0.15, 0.2) is 0 Å². The van der Waals surface area contributed by atoms with Gasteiger partial charge in [-0.2, -0.15) is 0 Å². The molecule has 0 bridgehead atoms. The lowest BCUT2D eigenvalue weighted by Crippen LogP contribution is -2.12. The molecule has 0 aliphatic carbocycles. The zero-order valence-electron chi connectivity index (χ0n) is 8.62. The van der Waals surface area contributed by atoms with Crippen LogP contribution in [0.2, 0.25) is 0 Å². The molecule has 1 aromatic carbocycles. The highest BCUT2D eigenvalue weighted by Crippen LogP contribution is 2.24. The van der Waals surface area contributed by atoms with Gasteiger partial charge in [0, 0.05) is 11.6 Å². The lowest BCUT2D eigenvalue weighted by Gasteiger charge is -2.13. The van der Waals surface area contributed by atoms with Crippen LogP contribution in [0, 0.1) is 5.82 Å². The highest BCUT2D eigenvalue weighted by molar-refractivity contribution is 5.85. The smallest absolute Gasteiger partial charge is 0.272 e. The second-order valence-electron chi connectivity index (χ2n) is 3.17. The SMILES string of the molecule is CC(N)c1cc(F)ccc1OCC(F)F.Cl. The van der Waals surface area contributed by atoms with Crippen LogP contribution in [-0.2, 0) is 0 Å². The molecule has 0 saturated carbocycles. The van der Waals surface area contributed by atoms with Gasteiger partial charge in [-0.05, 0) is 25.1 Å². The Balaban J connectivity index is 0.00000225. The lowest BCUT2D eigenvalue weighted by atomic mass is 10.1. The molecular formula is C10H13ClF3NO. The van der Waals surface area contributed by atoms with E-state index in [1.807, 2.05) is 0 Å². The van der Waals surface area contributed by atoms with Crippen molar-refractivity contribution in [3.05, 3.63) is 29.6 Å². The van der Waals surface area contributed by atoms with Crippen LogP contribution in [0.1, 0.15) is 18.5 Å². The molecule has 0 fully saturated rings. The molecule has 1 atom stereocenters. The molecule has 2 N–H and O–H groups in total. The summed E-state index contributed by atoms with van der Waals surface area (Å²) in [4.78, 5) is 0. The Bertz CT molecular complexity index is 334. The minimum atomic E-state index is -2.56. The standard InChI is InChI=1S/C10H12F3NO.ClH/c1-6(14)8-4-7(11)2-3-9(8)15-5-10(12)13;/h2-4,6,10H,5,14H2,1H3;1H. The van der Waals surface area contributed by atoms with Gasteiger partial charge in [-0.25, -0.2) is 13.2 Å². The molecule has 2 nitrogen and oxygen atoms in total. The number of alkyl halides is 2. The Morgan fingerprint density at radius 1 is 1.38 bits per heavy atom. The van der Waals surface area contributed by atoms with Crippen LogP contribution in [0.3, 0.4) is 0 Å². The fraction of sp³-hybridized carbons (Fsp3) is 0.400. The van der Waals surface area contributed by atoms with Gasteiger partial charge >= 0.3 is 0 Å². The van der Waals surface area contributed by atoms with Crippen LogP contribution in [-0.4, -0.2) is 13.0 Å². The highest BCUT2D eigenvalue weighted by Gasteiger charge is 2.11. The summed E-state index contributed by atoms with van der Waals surface area (Å²) in [6, 6.07) is 3.17. The summed E-state index contributed by atoms with van der Waals surface area (Å²) in [7, 11) is 0. The van der Waals surface area contributed by atoms with Gasteiger partial charge in [0.25, 0.3) is 6.43 Å². The predicted molar refractivity (Wildman–Crippen MR) is 57.7 cm³/mol. The Labute approximate surface area is 98.0 Å². The van der Waals surface area contributed by atoms with Gasteiger partial charge in [0.2, 0.25) is 0 Å². The summed E-state index contributed by atoms with van der Waals surface area (Å²) in [5.41, 5.74) is 5.94. The van der Waals surface area contributed by atoms with E-state index in [0.717, 1.165) is 6.07 Å². The fourth-order valence-electron chi connectivity index (χ4n) is 1.16. The molecule has 1 rings (SSSR count). The first kappa shape index (κ1) is 15.1. The number of halogens is 4. The van der Waals surface area contributed by atoms with E-state index in [2.05, 4.69) is 0 Å². The first-order valence-corrected chi connectivity index (χ1v) is 4.46. The summed E-state index contributed by atoms with van der Waals surface area (Å²) in [5.74, 6) is -0.265. The average Bonchev–Trinajstić information content (AvgIpc) is 2.15. The van der Waals surface area contributed by atoms with Gasteiger partial charge in [-0.3, -0.25) is 0 Å². The molecule has 16 heavy (non-hydrogen) atoms. The zero-order chi connectivity index (χ0) is 11.4. The minimum Gasteiger partial charge on any atom is -0.487 e. The molecule has 92 valence electrons. The van der Waals surface area contributed by atoms with Crippen LogP contribution < -0.4 is 10.5 Å². The van der Waals surface area contributed by atoms with Crippen molar-refractivity contribution < 1.29 is 17.9 Å².